The third-order valence-corrected chi connectivity index (χ3v) is 4.59. The first kappa shape index (κ1) is 14.4. The first-order chi connectivity index (χ1) is 9.06. The molecule has 1 amide bonds. The van der Waals surface area contributed by atoms with Crippen LogP contribution in [0.2, 0.25) is 0 Å². The number of aliphatic hydroxyl groups is 1. The molecular formula is C15H21NO2S. The van der Waals surface area contributed by atoms with Crippen molar-refractivity contribution in [1.82, 2.24) is 4.90 Å². The van der Waals surface area contributed by atoms with E-state index < -0.39 is 0 Å². The molecule has 2 atom stereocenters. The van der Waals surface area contributed by atoms with Gasteiger partial charge in [-0.3, -0.25) is 4.79 Å². The van der Waals surface area contributed by atoms with Crippen molar-refractivity contribution in [2.45, 2.75) is 31.3 Å². The average molecular weight is 279 g/mol. The van der Waals surface area contributed by atoms with Crippen LogP contribution in [-0.4, -0.2) is 40.9 Å². The van der Waals surface area contributed by atoms with Crippen molar-refractivity contribution < 1.29 is 9.90 Å². The summed E-state index contributed by atoms with van der Waals surface area (Å²) in [4.78, 5) is 15.1. The van der Waals surface area contributed by atoms with E-state index in [2.05, 4.69) is 31.2 Å². The van der Waals surface area contributed by atoms with Crippen molar-refractivity contribution in [3.05, 3.63) is 29.8 Å². The lowest BCUT2D eigenvalue weighted by molar-refractivity contribution is -0.131. The highest BCUT2D eigenvalue weighted by Gasteiger charge is 2.26. The highest BCUT2D eigenvalue weighted by atomic mass is 32.2. The molecule has 0 saturated carbocycles. The molecule has 0 spiro atoms. The van der Waals surface area contributed by atoms with Crippen LogP contribution in [0.15, 0.2) is 29.2 Å². The lowest BCUT2D eigenvalue weighted by Gasteiger charge is -2.34. The molecule has 1 heterocycles. The maximum absolute atomic E-state index is 12.1. The van der Waals surface area contributed by atoms with Crippen LogP contribution >= 0.6 is 11.8 Å². The minimum atomic E-state index is -0.256. The molecule has 1 aromatic rings. The molecule has 1 fully saturated rings. The van der Waals surface area contributed by atoms with Crippen LogP contribution in [0, 0.1) is 12.8 Å². The molecule has 0 aromatic heterocycles. The van der Waals surface area contributed by atoms with E-state index in [1.54, 1.807) is 11.8 Å². The number of benzene rings is 1. The molecule has 0 bridgehead atoms. The molecule has 0 aliphatic carbocycles. The highest BCUT2D eigenvalue weighted by molar-refractivity contribution is 8.00. The van der Waals surface area contributed by atoms with Gasteiger partial charge in [-0.15, -0.1) is 11.8 Å². The fourth-order valence-electron chi connectivity index (χ4n) is 2.23. The molecule has 1 N–H and O–H groups in total. The van der Waals surface area contributed by atoms with Gasteiger partial charge in [0.05, 0.1) is 11.9 Å². The molecule has 104 valence electrons. The molecule has 2 unspecified atom stereocenters. The largest absolute Gasteiger partial charge is 0.393 e. The van der Waals surface area contributed by atoms with Gasteiger partial charge in [-0.1, -0.05) is 24.6 Å². The topological polar surface area (TPSA) is 40.5 Å². The van der Waals surface area contributed by atoms with E-state index in [1.165, 1.54) is 5.56 Å². The van der Waals surface area contributed by atoms with E-state index in [9.17, 15) is 9.90 Å². The predicted molar refractivity (Wildman–Crippen MR) is 78.3 cm³/mol. The van der Waals surface area contributed by atoms with Crippen molar-refractivity contribution in [3.8, 4) is 0 Å². The summed E-state index contributed by atoms with van der Waals surface area (Å²) >= 11 is 1.58. The summed E-state index contributed by atoms with van der Waals surface area (Å²) in [5.41, 5.74) is 1.23. The maximum atomic E-state index is 12.1. The number of aliphatic hydroxyl groups excluding tert-OH is 1. The van der Waals surface area contributed by atoms with E-state index >= 15 is 0 Å². The summed E-state index contributed by atoms with van der Waals surface area (Å²) in [7, 11) is 0. The van der Waals surface area contributed by atoms with E-state index in [4.69, 9.17) is 0 Å². The molecule has 1 aliphatic heterocycles. The number of hydrogen-bond donors (Lipinski definition) is 1. The Hall–Kier alpha value is -1.00. The minimum absolute atomic E-state index is 0.171. The lowest BCUT2D eigenvalue weighted by Crippen LogP contribution is -2.45. The van der Waals surface area contributed by atoms with E-state index in [-0.39, 0.29) is 17.9 Å². The second-order valence-electron chi connectivity index (χ2n) is 5.27. The summed E-state index contributed by atoms with van der Waals surface area (Å²) in [6.45, 7) is 5.41. The fraction of sp³-hybridized carbons (Fsp3) is 0.533. The first-order valence-electron chi connectivity index (χ1n) is 6.71. The van der Waals surface area contributed by atoms with Crippen LogP contribution in [0.3, 0.4) is 0 Å². The van der Waals surface area contributed by atoms with Crippen LogP contribution in [0.5, 0.6) is 0 Å². The third-order valence-electron chi connectivity index (χ3n) is 3.60. The number of aryl methyl sites for hydroxylation is 1. The van der Waals surface area contributed by atoms with Gasteiger partial charge in [0.1, 0.15) is 0 Å². The van der Waals surface area contributed by atoms with Gasteiger partial charge in [0.25, 0.3) is 0 Å². The normalized spacial score (nSPS) is 23.4. The number of nitrogens with zero attached hydrogens (tertiary/aromatic N) is 1. The zero-order valence-corrected chi connectivity index (χ0v) is 12.3. The number of thioether (sulfide) groups is 1. The average Bonchev–Trinajstić information content (AvgIpc) is 2.41. The molecule has 4 heteroatoms. The Morgan fingerprint density at radius 1 is 1.42 bits per heavy atom. The Morgan fingerprint density at radius 2 is 2.11 bits per heavy atom. The van der Waals surface area contributed by atoms with Crippen LogP contribution in [0.1, 0.15) is 18.9 Å². The van der Waals surface area contributed by atoms with Crippen LogP contribution in [0.4, 0.5) is 0 Å². The van der Waals surface area contributed by atoms with Gasteiger partial charge in [0.15, 0.2) is 0 Å². The molecule has 1 aromatic carbocycles. The number of hydrogen-bond acceptors (Lipinski definition) is 3. The predicted octanol–water partition coefficient (Wildman–Crippen LogP) is 2.32. The minimum Gasteiger partial charge on any atom is -0.393 e. The van der Waals surface area contributed by atoms with E-state index in [1.807, 2.05) is 11.8 Å². The second kappa shape index (κ2) is 6.44. The van der Waals surface area contributed by atoms with Gasteiger partial charge < -0.3 is 10.0 Å². The smallest absolute Gasteiger partial charge is 0.232 e. The number of amides is 1. The summed E-state index contributed by atoms with van der Waals surface area (Å²) < 4.78 is 0. The van der Waals surface area contributed by atoms with Crippen molar-refractivity contribution in [2.24, 2.45) is 5.92 Å². The summed E-state index contributed by atoms with van der Waals surface area (Å²) in [6, 6.07) is 8.23. The van der Waals surface area contributed by atoms with Gasteiger partial charge >= 0.3 is 0 Å². The number of rotatable bonds is 3. The number of likely N-dealkylation sites (tertiary alicyclic amines) is 1. The van der Waals surface area contributed by atoms with Crippen LogP contribution in [0.25, 0.3) is 0 Å². The third kappa shape index (κ3) is 3.98. The quantitative estimate of drug-likeness (QED) is 0.863. The second-order valence-corrected chi connectivity index (χ2v) is 6.32. The molecule has 19 heavy (non-hydrogen) atoms. The molecular weight excluding hydrogens is 258 g/mol. The van der Waals surface area contributed by atoms with Gasteiger partial charge in [0.2, 0.25) is 5.91 Å². The summed E-state index contributed by atoms with van der Waals surface area (Å²) in [5.74, 6) is 0.831. The maximum Gasteiger partial charge on any atom is 0.232 e. The molecule has 3 nitrogen and oxygen atoms in total. The Morgan fingerprint density at radius 3 is 2.74 bits per heavy atom. The van der Waals surface area contributed by atoms with Crippen LogP contribution < -0.4 is 0 Å². The van der Waals surface area contributed by atoms with Crippen LogP contribution in [-0.2, 0) is 4.79 Å². The fourth-order valence-corrected chi connectivity index (χ4v) is 3.03. The molecule has 1 saturated heterocycles. The Balaban J connectivity index is 1.83. The Labute approximate surface area is 119 Å². The van der Waals surface area contributed by atoms with Crippen molar-refractivity contribution in [3.63, 3.8) is 0 Å². The molecule has 2 rings (SSSR count). The molecule has 1 aliphatic rings. The zero-order chi connectivity index (χ0) is 13.8. The number of carbonyl (C=O) groups excluding carboxylic acids is 1. The van der Waals surface area contributed by atoms with Gasteiger partial charge in [-0.25, -0.2) is 0 Å². The highest BCUT2D eigenvalue weighted by Crippen LogP contribution is 2.21. The Kier molecular flexibility index (Phi) is 4.88. The van der Waals surface area contributed by atoms with E-state index in [0.29, 0.717) is 25.3 Å². The SMILES string of the molecule is Cc1ccc(SCC(=O)N2CCC(O)C(C)C2)cc1. The standard InChI is InChI=1S/C15H21NO2S/c1-11-3-5-13(6-4-11)19-10-15(18)16-8-7-14(17)12(2)9-16/h3-6,12,14,17H,7-10H2,1-2H3. The van der Waals surface area contributed by atoms with Crippen molar-refractivity contribution in [2.75, 3.05) is 18.8 Å². The van der Waals surface area contributed by atoms with E-state index in [0.717, 1.165) is 4.90 Å². The van der Waals surface area contributed by atoms with Crippen molar-refractivity contribution >= 4 is 17.7 Å². The summed E-state index contributed by atoms with van der Waals surface area (Å²) in [5, 5.41) is 9.67. The first-order valence-corrected chi connectivity index (χ1v) is 7.70. The van der Waals surface area contributed by atoms with Crippen molar-refractivity contribution in [1.29, 1.82) is 0 Å². The lowest BCUT2D eigenvalue weighted by atomic mass is 9.97. The summed E-state index contributed by atoms with van der Waals surface area (Å²) in [6.07, 6.45) is 0.441. The molecule has 0 radical (unpaired) electrons. The van der Waals surface area contributed by atoms with Gasteiger partial charge in [-0.05, 0) is 31.4 Å². The van der Waals surface area contributed by atoms with Gasteiger partial charge in [0, 0.05) is 18.0 Å². The van der Waals surface area contributed by atoms with Gasteiger partial charge in [-0.2, -0.15) is 0 Å². The number of carbonyl (C=O) groups is 1. The zero-order valence-electron chi connectivity index (χ0n) is 11.5. The monoisotopic (exact) mass is 279 g/mol. The Bertz CT molecular complexity index is 432. The number of piperidine rings is 1.